The summed E-state index contributed by atoms with van der Waals surface area (Å²) >= 11 is 0. The van der Waals surface area contributed by atoms with E-state index in [1.165, 1.54) is 53.4 Å². The Hall–Kier alpha value is -6.69. The number of benzene rings is 4. The molecule has 66 heavy (non-hydrogen) atoms. The Labute approximate surface area is 381 Å². The second-order valence-electron chi connectivity index (χ2n) is 16.4. The molecule has 2 N–H and O–H groups in total. The minimum Gasteiger partial charge on any atom is -0.459 e. The summed E-state index contributed by atoms with van der Waals surface area (Å²) in [6, 6.07) is 20.9. The highest BCUT2D eigenvalue weighted by molar-refractivity contribution is 6.03. The molecule has 1 fully saturated rings. The maximum atomic E-state index is 14.9. The first-order chi connectivity index (χ1) is 32.0. The van der Waals surface area contributed by atoms with Gasteiger partial charge in [0, 0.05) is 55.9 Å². The predicted molar refractivity (Wildman–Crippen MR) is 241 cm³/mol. The number of unbranched alkanes of at least 4 members (excludes halogenated alkanes) is 2. The van der Waals surface area contributed by atoms with E-state index in [4.69, 9.17) is 28.9 Å². The van der Waals surface area contributed by atoms with Crippen LogP contribution in [-0.2, 0) is 16.1 Å². The Morgan fingerprint density at radius 3 is 2.30 bits per heavy atom. The molecule has 6 atom stereocenters. The summed E-state index contributed by atoms with van der Waals surface area (Å²) in [4.78, 5) is 44.3. The minimum absolute atomic E-state index is 0.00712. The number of hydrogen-bond donors (Lipinski definition) is 2. The van der Waals surface area contributed by atoms with Crippen molar-refractivity contribution in [3.63, 3.8) is 0 Å². The fraction of sp³-hybridized carbons (Fsp3) is 0.388. The first kappa shape index (κ1) is 47.3. The molecule has 17 heteroatoms. The molecule has 1 heterocycles. The van der Waals surface area contributed by atoms with Crippen LogP contribution in [0.4, 0.5) is 20.6 Å². The number of oxime groups is 1. The van der Waals surface area contributed by atoms with E-state index < -0.39 is 45.4 Å². The van der Waals surface area contributed by atoms with Crippen molar-refractivity contribution in [2.24, 2.45) is 22.9 Å². The van der Waals surface area contributed by atoms with E-state index in [0.29, 0.717) is 54.9 Å². The molecular weight excluding hydrogens is 856 g/mol. The van der Waals surface area contributed by atoms with Crippen LogP contribution in [-0.4, -0.2) is 75.0 Å². The van der Waals surface area contributed by atoms with Gasteiger partial charge in [-0.05, 0) is 104 Å². The molecule has 2 aliphatic carbocycles. The van der Waals surface area contributed by atoms with Crippen LogP contribution < -0.4 is 14.2 Å². The molecule has 7 rings (SSSR count). The summed E-state index contributed by atoms with van der Waals surface area (Å²) in [5.74, 6) is -2.40. The van der Waals surface area contributed by atoms with Gasteiger partial charge in [0.25, 0.3) is 11.4 Å². The number of hydrogen-bond acceptors (Lipinski definition) is 13. The lowest BCUT2D eigenvalue weighted by atomic mass is 9.55. The molecule has 16 nitrogen and oxygen atoms in total. The molecule has 0 aromatic heterocycles. The largest absolute Gasteiger partial charge is 0.459 e. The number of halogens is 1. The van der Waals surface area contributed by atoms with E-state index in [1.54, 1.807) is 49.4 Å². The van der Waals surface area contributed by atoms with E-state index >= 15 is 0 Å². The first-order valence-electron chi connectivity index (χ1n) is 22.1. The van der Waals surface area contributed by atoms with Crippen molar-refractivity contribution in [2.75, 3.05) is 26.4 Å². The Balaban J connectivity index is 1.45. The number of rotatable bonds is 21. The maximum Gasteiger partial charge on any atom is 0.416 e. The number of nitrogens with zero attached hydrogens (tertiary/aromatic N) is 4. The smallest absolute Gasteiger partial charge is 0.416 e. The number of fused-ring (bicyclic) bond motifs is 2. The highest BCUT2D eigenvalue weighted by atomic mass is 19.1. The Bertz CT molecular complexity index is 2430. The van der Waals surface area contributed by atoms with Gasteiger partial charge in [0.2, 0.25) is 5.79 Å². The van der Waals surface area contributed by atoms with E-state index in [1.807, 2.05) is 6.07 Å². The van der Waals surface area contributed by atoms with Gasteiger partial charge >= 0.3 is 6.09 Å². The predicted octanol–water partition coefficient (Wildman–Crippen LogP) is 9.79. The molecule has 0 radical (unpaired) electrons. The van der Waals surface area contributed by atoms with Crippen molar-refractivity contribution in [3.8, 4) is 23.0 Å². The van der Waals surface area contributed by atoms with Crippen molar-refractivity contribution in [2.45, 2.75) is 76.2 Å². The second kappa shape index (κ2) is 21.5. The highest BCUT2D eigenvalue weighted by Crippen LogP contribution is 2.62. The van der Waals surface area contributed by atoms with E-state index in [-0.39, 0.29) is 74.1 Å². The molecule has 0 spiro atoms. The number of aliphatic hydroxyl groups excluding tert-OH is 2. The van der Waals surface area contributed by atoms with Gasteiger partial charge in [-0.15, -0.1) is 6.58 Å². The van der Waals surface area contributed by atoms with Crippen LogP contribution in [0.5, 0.6) is 23.0 Å². The lowest BCUT2D eigenvalue weighted by molar-refractivity contribution is -0.385. The molecule has 0 unspecified atom stereocenters. The average Bonchev–Trinajstić information content (AvgIpc) is 3.31. The number of aliphatic hydroxyl groups is 2. The lowest BCUT2D eigenvalue weighted by Gasteiger charge is -2.59. The number of carbonyl (C=O) groups is 1. The van der Waals surface area contributed by atoms with Crippen LogP contribution in [0.15, 0.2) is 120 Å². The van der Waals surface area contributed by atoms with Gasteiger partial charge in [-0.1, -0.05) is 48.3 Å². The van der Waals surface area contributed by atoms with E-state index in [2.05, 4.69) is 12.7 Å². The van der Waals surface area contributed by atoms with Crippen LogP contribution in [0, 0.1) is 43.8 Å². The zero-order valence-electron chi connectivity index (χ0n) is 36.5. The van der Waals surface area contributed by atoms with Crippen LogP contribution >= 0.6 is 0 Å². The SMILES string of the molecule is C=CCO[C@@]12Oc3ccc(Oc4cccc([N+](=O)[O-])c4)cc3[C@H]3[C@H](CCCCO)[C@@H](CCCCO)C=C(C(=NOCC)C[C@@H]1N(Cc1ccc(F)cc1)C(=O)Oc1ccc([N+](=O)[O-])cc1)[C@H]32. The minimum atomic E-state index is -1.69. The molecule has 3 aliphatic rings. The van der Waals surface area contributed by atoms with Crippen molar-refractivity contribution in [1.29, 1.82) is 0 Å². The summed E-state index contributed by atoms with van der Waals surface area (Å²) in [5, 5.41) is 47.7. The summed E-state index contributed by atoms with van der Waals surface area (Å²) < 4.78 is 40.9. The first-order valence-corrected chi connectivity index (χ1v) is 22.1. The van der Waals surface area contributed by atoms with Gasteiger partial charge < -0.3 is 34.0 Å². The third-order valence-corrected chi connectivity index (χ3v) is 12.3. The average molecular weight is 909 g/mol. The number of allylic oxidation sites excluding steroid dienone is 1. The number of amides is 1. The monoisotopic (exact) mass is 908 g/mol. The van der Waals surface area contributed by atoms with Gasteiger partial charge in [0.15, 0.2) is 0 Å². The summed E-state index contributed by atoms with van der Waals surface area (Å²) in [6.07, 6.45) is 6.85. The zero-order valence-corrected chi connectivity index (χ0v) is 36.5. The van der Waals surface area contributed by atoms with Crippen LogP contribution in [0.25, 0.3) is 0 Å². The summed E-state index contributed by atoms with van der Waals surface area (Å²) in [5.41, 5.74) is 2.27. The van der Waals surface area contributed by atoms with Crippen molar-refractivity contribution in [1.82, 2.24) is 4.90 Å². The van der Waals surface area contributed by atoms with E-state index in [9.17, 15) is 39.6 Å². The molecule has 4 aromatic carbocycles. The standard InChI is InChI=1S/C49H53FN4O12/c1-3-26-62-49-45(52(31-32-14-16-34(50)17-15-32)48(57)65-37-20-18-35(19-21-37)53(58)59)30-43(51-63-4-2)41-27-33(10-5-7-24-55)40(13-6-8-25-56)46(47(41)49)42-29-39(22-23-44(42)66-49)64-38-12-9-11-36(28-38)54(60)61/h3,9,11-12,14-23,27-29,33,40,45-47,55-56H,1,4-8,10,13,24-26,30-31H2,2H3/t33-,40+,45-,46+,47+,49+/m0/s1. The van der Waals surface area contributed by atoms with Gasteiger partial charge in [-0.25, -0.2) is 9.18 Å². The molecule has 348 valence electrons. The second-order valence-corrected chi connectivity index (χ2v) is 16.4. The van der Waals surface area contributed by atoms with Crippen LogP contribution in [0.2, 0.25) is 0 Å². The van der Waals surface area contributed by atoms with Crippen molar-refractivity contribution in [3.05, 3.63) is 152 Å². The van der Waals surface area contributed by atoms with Crippen molar-refractivity contribution < 1.29 is 53.0 Å². The van der Waals surface area contributed by atoms with Crippen molar-refractivity contribution >= 4 is 23.2 Å². The summed E-state index contributed by atoms with van der Waals surface area (Å²) in [6.45, 7) is 5.88. The molecule has 4 aromatic rings. The maximum absolute atomic E-state index is 14.9. The number of ether oxygens (including phenoxy) is 4. The highest BCUT2D eigenvalue weighted by Gasteiger charge is 2.65. The molecule has 1 amide bonds. The normalized spacial score (nSPS) is 22.2. The van der Waals surface area contributed by atoms with E-state index in [0.717, 1.165) is 17.6 Å². The summed E-state index contributed by atoms with van der Waals surface area (Å²) in [7, 11) is 0. The third kappa shape index (κ3) is 10.4. The molecule has 0 bridgehead atoms. The van der Waals surface area contributed by atoms with Crippen LogP contribution in [0.3, 0.4) is 0 Å². The Morgan fingerprint density at radius 1 is 0.924 bits per heavy atom. The number of carbonyl (C=O) groups excluding carboxylic acids is 1. The Kier molecular flexibility index (Phi) is 15.4. The third-order valence-electron chi connectivity index (χ3n) is 12.3. The van der Waals surface area contributed by atoms with Gasteiger partial charge in [-0.3, -0.25) is 25.1 Å². The lowest BCUT2D eigenvalue weighted by Crippen LogP contribution is -2.70. The van der Waals surface area contributed by atoms with Gasteiger partial charge in [-0.2, -0.15) is 0 Å². The molecule has 0 saturated heterocycles. The number of nitro benzene ring substituents is 2. The fourth-order valence-electron chi connectivity index (χ4n) is 9.53. The zero-order chi connectivity index (χ0) is 46.8. The fourth-order valence-corrected chi connectivity index (χ4v) is 9.53. The van der Waals surface area contributed by atoms with Gasteiger partial charge in [0.05, 0.1) is 34.1 Å². The number of non-ortho nitro benzene ring substituents is 2. The number of nitro groups is 2. The molecular formula is C49H53FN4O12. The Morgan fingerprint density at radius 2 is 1.62 bits per heavy atom. The van der Waals surface area contributed by atoms with Gasteiger partial charge in [0.1, 0.15) is 41.5 Å². The topological polar surface area (TPSA) is 206 Å². The molecule has 1 saturated carbocycles. The quantitative estimate of drug-likeness (QED) is 0.0347. The van der Waals surface area contributed by atoms with Crippen LogP contribution in [0.1, 0.15) is 68.9 Å². The molecule has 1 aliphatic heterocycles.